The van der Waals surface area contributed by atoms with Gasteiger partial charge in [0, 0.05) is 18.6 Å². The minimum atomic E-state index is -0.173. The number of carbonyl (C=O) groups excluding carboxylic acids is 1. The summed E-state index contributed by atoms with van der Waals surface area (Å²) in [5.41, 5.74) is 0.838. The molecule has 0 saturated carbocycles. The number of aromatic nitrogens is 3. The van der Waals surface area contributed by atoms with Crippen molar-refractivity contribution in [2.75, 3.05) is 5.32 Å². The van der Waals surface area contributed by atoms with E-state index in [0.717, 1.165) is 5.56 Å². The average Bonchev–Trinajstić information content (AvgIpc) is 2.30. The Morgan fingerprint density at radius 3 is 2.94 bits per heavy atom. The zero-order chi connectivity index (χ0) is 12.1. The molecule has 2 heterocycles. The molecule has 1 N–H and O–H groups in total. The summed E-state index contributed by atoms with van der Waals surface area (Å²) < 4.78 is 0. The number of carbonyl (C=O) groups is 1. The maximum absolute atomic E-state index is 11.7. The van der Waals surface area contributed by atoms with Gasteiger partial charge in [-0.3, -0.25) is 9.78 Å². The molecule has 0 saturated heterocycles. The van der Waals surface area contributed by atoms with Crippen LogP contribution in [-0.4, -0.2) is 20.9 Å². The van der Waals surface area contributed by atoms with Gasteiger partial charge >= 0.3 is 0 Å². The average molecular weight is 249 g/mol. The molecule has 0 aliphatic carbocycles. The Hall–Kier alpha value is -2.01. The van der Waals surface area contributed by atoms with Crippen LogP contribution in [0, 0.1) is 0 Å². The van der Waals surface area contributed by atoms with Gasteiger partial charge in [0.05, 0.1) is 6.42 Å². The second-order valence-corrected chi connectivity index (χ2v) is 3.64. The minimum Gasteiger partial charge on any atom is -0.310 e. The number of anilines is 1. The SMILES string of the molecule is O=C(Cc1cccnc1)Nc1ccnc(Cl)n1. The Morgan fingerprint density at radius 2 is 2.24 bits per heavy atom. The Labute approximate surface area is 103 Å². The maximum Gasteiger partial charge on any atom is 0.230 e. The van der Waals surface area contributed by atoms with Crippen LogP contribution in [0.25, 0.3) is 0 Å². The Balaban J connectivity index is 1.98. The second-order valence-electron chi connectivity index (χ2n) is 3.30. The third-order valence-electron chi connectivity index (χ3n) is 1.98. The van der Waals surface area contributed by atoms with E-state index in [9.17, 15) is 4.79 Å². The lowest BCUT2D eigenvalue weighted by Crippen LogP contribution is -2.15. The number of hydrogen-bond acceptors (Lipinski definition) is 4. The van der Waals surface area contributed by atoms with Gasteiger partial charge in [0.15, 0.2) is 0 Å². The van der Waals surface area contributed by atoms with Gasteiger partial charge in [0.1, 0.15) is 5.82 Å². The van der Waals surface area contributed by atoms with Gasteiger partial charge < -0.3 is 5.32 Å². The summed E-state index contributed by atoms with van der Waals surface area (Å²) in [5.74, 6) is 0.214. The van der Waals surface area contributed by atoms with Crippen molar-refractivity contribution >= 4 is 23.3 Å². The first-order chi connectivity index (χ1) is 8.24. The Morgan fingerprint density at radius 1 is 1.35 bits per heavy atom. The van der Waals surface area contributed by atoms with E-state index in [2.05, 4.69) is 20.3 Å². The van der Waals surface area contributed by atoms with Crippen LogP contribution in [-0.2, 0) is 11.2 Å². The van der Waals surface area contributed by atoms with Crippen LogP contribution in [0.5, 0.6) is 0 Å². The van der Waals surface area contributed by atoms with Gasteiger partial charge in [-0.1, -0.05) is 6.07 Å². The summed E-state index contributed by atoms with van der Waals surface area (Å²) in [4.78, 5) is 23.2. The fourth-order valence-electron chi connectivity index (χ4n) is 1.28. The number of halogens is 1. The Kier molecular flexibility index (Phi) is 3.62. The van der Waals surface area contributed by atoms with Crippen molar-refractivity contribution in [1.29, 1.82) is 0 Å². The molecule has 0 unspecified atom stereocenters. The fourth-order valence-corrected chi connectivity index (χ4v) is 1.43. The van der Waals surface area contributed by atoms with E-state index in [1.54, 1.807) is 24.5 Å². The van der Waals surface area contributed by atoms with Crippen LogP contribution in [0.3, 0.4) is 0 Å². The van der Waals surface area contributed by atoms with E-state index in [4.69, 9.17) is 11.6 Å². The summed E-state index contributed by atoms with van der Waals surface area (Å²) >= 11 is 5.60. The fraction of sp³-hybridized carbons (Fsp3) is 0.0909. The summed E-state index contributed by atoms with van der Waals surface area (Å²) in [6, 6.07) is 5.19. The Bertz CT molecular complexity index is 518. The van der Waals surface area contributed by atoms with Crippen molar-refractivity contribution in [3.05, 3.63) is 47.6 Å². The highest BCUT2D eigenvalue weighted by molar-refractivity contribution is 6.28. The van der Waals surface area contributed by atoms with Crippen LogP contribution in [0.2, 0.25) is 5.28 Å². The molecular weight excluding hydrogens is 240 g/mol. The zero-order valence-corrected chi connectivity index (χ0v) is 9.55. The van der Waals surface area contributed by atoms with Crippen molar-refractivity contribution in [3.8, 4) is 0 Å². The number of amides is 1. The molecule has 2 aromatic heterocycles. The topological polar surface area (TPSA) is 67.8 Å². The van der Waals surface area contributed by atoms with Crippen molar-refractivity contribution in [1.82, 2.24) is 15.0 Å². The molecule has 5 nitrogen and oxygen atoms in total. The molecule has 1 amide bonds. The van der Waals surface area contributed by atoms with Gasteiger partial charge in [-0.25, -0.2) is 9.97 Å². The molecule has 2 aromatic rings. The first-order valence-corrected chi connectivity index (χ1v) is 5.29. The van der Waals surface area contributed by atoms with Gasteiger partial charge in [0.2, 0.25) is 11.2 Å². The van der Waals surface area contributed by atoms with Crippen molar-refractivity contribution in [2.45, 2.75) is 6.42 Å². The predicted octanol–water partition coefficient (Wildman–Crippen LogP) is 1.71. The van der Waals surface area contributed by atoms with Crippen molar-refractivity contribution < 1.29 is 4.79 Å². The molecule has 17 heavy (non-hydrogen) atoms. The summed E-state index contributed by atoms with van der Waals surface area (Å²) in [5, 5.41) is 2.73. The third-order valence-corrected chi connectivity index (χ3v) is 2.16. The molecule has 2 rings (SSSR count). The van der Waals surface area contributed by atoms with E-state index < -0.39 is 0 Å². The quantitative estimate of drug-likeness (QED) is 0.840. The van der Waals surface area contributed by atoms with Crippen LogP contribution in [0.1, 0.15) is 5.56 Å². The molecular formula is C11H9ClN4O. The molecule has 0 spiro atoms. The smallest absolute Gasteiger partial charge is 0.230 e. The van der Waals surface area contributed by atoms with E-state index in [1.165, 1.54) is 6.20 Å². The van der Waals surface area contributed by atoms with Crippen molar-refractivity contribution in [3.63, 3.8) is 0 Å². The molecule has 0 fully saturated rings. The first kappa shape index (κ1) is 11.5. The van der Waals surface area contributed by atoms with E-state index in [1.807, 2.05) is 6.07 Å². The first-order valence-electron chi connectivity index (χ1n) is 4.91. The van der Waals surface area contributed by atoms with Gasteiger partial charge in [-0.15, -0.1) is 0 Å². The van der Waals surface area contributed by atoms with Crippen LogP contribution >= 0.6 is 11.6 Å². The zero-order valence-electron chi connectivity index (χ0n) is 8.80. The number of nitrogens with one attached hydrogen (secondary N) is 1. The van der Waals surface area contributed by atoms with Crippen LogP contribution in [0.4, 0.5) is 5.82 Å². The number of nitrogens with zero attached hydrogens (tertiary/aromatic N) is 3. The normalized spacial score (nSPS) is 9.94. The molecule has 0 radical (unpaired) electrons. The predicted molar refractivity (Wildman–Crippen MR) is 63.6 cm³/mol. The van der Waals surface area contributed by atoms with Gasteiger partial charge in [0.25, 0.3) is 0 Å². The third kappa shape index (κ3) is 3.49. The molecule has 86 valence electrons. The van der Waals surface area contributed by atoms with Crippen LogP contribution in [0.15, 0.2) is 36.8 Å². The van der Waals surface area contributed by atoms with Gasteiger partial charge in [-0.05, 0) is 29.3 Å². The molecule has 0 atom stereocenters. The lowest BCUT2D eigenvalue weighted by molar-refractivity contribution is -0.115. The summed E-state index contributed by atoms with van der Waals surface area (Å²) in [6.07, 6.45) is 5.03. The molecule has 0 bridgehead atoms. The van der Waals surface area contributed by atoms with Crippen LogP contribution < -0.4 is 5.32 Å². The largest absolute Gasteiger partial charge is 0.310 e. The van der Waals surface area contributed by atoms with E-state index >= 15 is 0 Å². The number of rotatable bonds is 3. The highest BCUT2D eigenvalue weighted by atomic mass is 35.5. The molecule has 0 aromatic carbocycles. The number of hydrogen-bond donors (Lipinski definition) is 1. The van der Waals surface area contributed by atoms with Crippen molar-refractivity contribution in [2.24, 2.45) is 0 Å². The lowest BCUT2D eigenvalue weighted by Gasteiger charge is -2.03. The summed E-state index contributed by atoms with van der Waals surface area (Å²) in [7, 11) is 0. The molecule has 6 heteroatoms. The summed E-state index contributed by atoms with van der Waals surface area (Å²) in [6.45, 7) is 0. The lowest BCUT2D eigenvalue weighted by atomic mass is 10.2. The second kappa shape index (κ2) is 5.36. The molecule has 0 aliphatic heterocycles. The van der Waals surface area contributed by atoms with Gasteiger partial charge in [-0.2, -0.15) is 0 Å². The standard InChI is InChI=1S/C11H9ClN4O/c12-11-14-5-3-9(16-11)15-10(17)6-8-2-1-4-13-7-8/h1-5,7H,6H2,(H,14,15,16,17). The number of pyridine rings is 1. The monoisotopic (exact) mass is 248 g/mol. The molecule has 0 aliphatic rings. The highest BCUT2D eigenvalue weighted by Crippen LogP contribution is 2.06. The van der Waals surface area contributed by atoms with E-state index in [-0.39, 0.29) is 17.6 Å². The minimum absolute atomic E-state index is 0.101. The van der Waals surface area contributed by atoms with E-state index in [0.29, 0.717) is 5.82 Å². The highest BCUT2D eigenvalue weighted by Gasteiger charge is 2.05. The maximum atomic E-state index is 11.7.